The first-order valence-corrected chi connectivity index (χ1v) is 12.8. The number of hydrogen-bond acceptors (Lipinski definition) is 6. The molecule has 0 bridgehead atoms. The molecule has 0 atom stereocenters. The van der Waals surface area contributed by atoms with Gasteiger partial charge in [-0.15, -0.1) is 0 Å². The van der Waals surface area contributed by atoms with Gasteiger partial charge in [0.15, 0.2) is 0 Å². The van der Waals surface area contributed by atoms with Crippen molar-refractivity contribution < 1.29 is 4.74 Å². The molecule has 7 nitrogen and oxygen atoms in total. The Balaban J connectivity index is 1.72. The fourth-order valence-electron chi connectivity index (χ4n) is 3.68. The second-order valence-electron chi connectivity index (χ2n) is 7.59. The molecule has 0 unspecified atom stereocenters. The van der Waals surface area contributed by atoms with E-state index < -0.39 is 0 Å². The number of fused-ring (bicyclic) bond motifs is 2. The molecule has 1 aliphatic heterocycles. The van der Waals surface area contributed by atoms with Gasteiger partial charge in [-0.05, 0) is 0 Å². The summed E-state index contributed by atoms with van der Waals surface area (Å²) < 4.78 is 8.55. The number of imidazole rings is 1. The summed E-state index contributed by atoms with van der Waals surface area (Å²) in [4.78, 5) is 13.2. The molecule has 30 heavy (non-hydrogen) atoms. The second-order valence-corrected chi connectivity index (χ2v) is 11.8. The van der Waals surface area contributed by atoms with Crippen molar-refractivity contribution in [2.75, 3.05) is 12.3 Å². The molecule has 0 saturated carbocycles. The van der Waals surface area contributed by atoms with Crippen molar-refractivity contribution in [3.05, 3.63) is 39.9 Å². The zero-order valence-corrected chi connectivity index (χ0v) is 19.7. The molecule has 0 spiro atoms. The Morgan fingerprint density at radius 1 is 1.33 bits per heavy atom. The van der Waals surface area contributed by atoms with E-state index in [1.54, 1.807) is 0 Å². The van der Waals surface area contributed by atoms with Gasteiger partial charge in [0, 0.05) is 0 Å². The van der Waals surface area contributed by atoms with Gasteiger partial charge in [0.1, 0.15) is 0 Å². The van der Waals surface area contributed by atoms with Crippen LogP contribution < -0.4 is 10.5 Å². The van der Waals surface area contributed by atoms with Crippen LogP contribution >= 0.6 is 11.6 Å². The van der Waals surface area contributed by atoms with Crippen LogP contribution in [0.15, 0.2) is 12.1 Å². The third-order valence-corrected chi connectivity index (χ3v) is 8.00. The van der Waals surface area contributed by atoms with Crippen molar-refractivity contribution in [2.45, 2.75) is 49.6 Å². The van der Waals surface area contributed by atoms with Gasteiger partial charge in [-0.25, -0.2) is 0 Å². The number of anilines is 1. The zero-order valence-electron chi connectivity index (χ0n) is 17.0. The van der Waals surface area contributed by atoms with Crippen LogP contribution in [-0.4, -0.2) is 41.9 Å². The van der Waals surface area contributed by atoms with Crippen LogP contribution in [0.2, 0.25) is 15.2 Å². The number of nitriles is 1. The van der Waals surface area contributed by atoms with Crippen molar-refractivity contribution in [3.63, 3.8) is 0 Å². The Morgan fingerprint density at radius 3 is 2.93 bits per heavy atom. The Hall–Kier alpha value is -2.29. The fourth-order valence-corrected chi connectivity index (χ4v) is 5.61. The molecule has 1 radical (unpaired) electrons. The molecule has 0 aliphatic carbocycles. The van der Waals surface area contributed by atoms with Gasteiger partial charge in [0.25, 0.3) is 0 Å². The second kappa shape index (κ2) is 8.83. The molecule has 0 amide bonds. The van der Waals surface area contributed by atoms with Crippen LogP contribution in [-0.2, 0) is 19.4 Å². The van der Waals surface area contributed by atoms with E-state index in [1.165, 1.54) is 5.21 Å². The van der Waals surface area contributed by atoms with Crippen molar-refractivity contribution >= 4 is 44.3 Å². The van der Waals surface area contributed by atoms with Crippen molar-refractivity contribution in [3.8, 4) is 11.8 Å². The Morgan fingerprint density at radius 2 is 2.17 bits per heavy atom. The molecule has 1 aliphatic rings. The predicted octanol–water partition coefficient (Wildman–Crippen LogP) is 3.80. The van der Waals surface area contributed by atoms with E-state index in [1.807, 2.05) is 12.1 Å². The zero-order chi connectivity index (χ0) is 21.3. The summed E-state index contributed by atoms with van der Waals surface area (Å²) in [7, 11) is 0. The van der Waals surface area contributed by atoms with Gasteiger partial charge in [-0.2, -0.15) is 0 Å². The summed E-state index contributed by atoms with van der Waals surface area (Å²) in [6.45, 7) is 5.98. The Labute approximate surface area is 187 Å². The topological polar surface area (TPSA) is 103 Å². The van der Waals surface area contributed by atoms with Crippen LogP contribution in [0.3, 0.4) is 0 Å². The van der Waals surface area contributed by atoms with Gasteiger partial charge >= 0.3 is 188 Å². The minimum atomic E-state index is 0.116. The summed E-state index contributed by atoms with van der Waals surface area (Å²) in [6, 6.07) is 6.22. The number of rotatable bonds is 7. The van der Waals surface area contributed by atoms with Crippen LogP contribution in [0.25, 0.3) is 11.2 Å². The number of nitrogens with zero attached hydrogens (tertiary/aromatic N) is 5. The number of halogens is 1. The van der Waals surface area contributed by atoms with Gasteiger partial charge < -0.3 is 0 Å². The first kappa shape index (κ1) is 21.0. The third kappa shape index (κ3) is 4.26. The number of aryl methyl sites for hydroxylation is 1. The van der Waals surface area contributed by atoms with Crippen molar-refractivity contribution in [2.24, 2.45) is 0 Å². The average Bonchev–Trinajstić information content (AvgIpc) is 3.29. The quantitative estimate of drug-likeness (QED) is 0.310. The monoisotopic (exact) mass is 485 g/mol. The standard InChI is InChI=1S/C21H23AsClN6O/c1-12(2)22-5-3-6-29-17(26-18-19(25)27-21(23)28-20(18)29)10-14-9-16-13(4-7-30-16)8-15(14)11-24/h8-9,12H,3-7,10H2,1-2H3,(H2,25,27,28). The predicted molar refractivity (Wildman–Crippen MR) is 118 cm³/mol. The molecule has 3 heterocycles. The van der Waals surface area contributed by atoms with E-state index >= 15 is 0 Å². The van der Waals surface area contributed by atoms with Gasteiger partial charge in [-0.3, -0.25) is 0 Å². The van der Waals surface area contributed by atoms with Crippen LogP contribution in [0.1, 0.15) is 42.8 Å². The normalized spacial score (nSPS) is 13.3. The first-order valence-electron chi connectivity index (χ1n) is 9.99. The molecule has 4 rings (SSSR count). The van der Waals surface area contributed by atoms with E-state index in [-0.39, 0.29) is 11.1 Å². The first-order chi connectivity index (χ1) is 14.5. The Bertz CT molecular complexity index is 1140. The van der Waals surface area contributed by atoms with E-state index in [0.29, 0.717) is 45.5 Å². The summed E-state index contributed by atoms with van der Waals surface area (Å²) in [5.41, 5.74) is 9.92. The molecule has 155 valence electrons. The van der Waals surface area contributed by atoms with E-state index in [2.05, 4.69) is 34.5 Å². The van der Waals surface area contributed by atoms with Gasteiger partial charge in [-0.1, -0.05) is 0 Å². The number of aromatic nitrogens is 4. The summed E-state index contributed by atoms with van der Waals surface area (Å²) >= 11 is 6.40. The molecule has 0 saturated heterocycles. The number of hydrogen-bond donors (Lipinski definition) is 1. The minimum absolute atomic E-state index is 0.116. The summed E-state index contributed by atoms with van der Waals surface area (Å²) in [5, 5.41) is 11.0. The average molecular weight is 486 g/mol. The maximum absolute atomic E-state index is 9.67. The molecule has 2 N–H and O–H groups in total. The molecule has 9 heteroatoms. The van der Waals surface area contributed by atoms with E-state index in [9.17, 15) is 5.26 Å². The van der Waals surface area contributed by atoms with Crippen LogP contribution in [0.5, 0.6) is 5.75 Å². The number of ether oxygens (including phenoxy) is 1. The van der Waals surface area contributed by atoms with Crippen molar-refractivity contribution in [1.82, 2.24) is 19.5 Å². The molecule has 3 aromatic rings. The molecular formula is C21H23AsClN6O. The number of nitrogens with two attached hydrogens (primary N) is 1. The fraction of sp³-hybridized carbons (Fsp3) is 0.429. The summed E-state index contributed by atoms with van der Waals surface area (Å²) in [6.07, 6.45) is 2.37. The molecular weight excluding hydrogens is 463 g/mol. The number of nitrogen functional groups attached to an aromatic ring is 1. The third-order valence-electron chi connectivity index (χ3n) is 5.09. The van der Waals surface area contributed by atoms with Crippen LogP contribution in [0, 0.1) is 11.3 Å². The van der Waals surface area contributed by atoms with Crippen LogP contribution in [0.4, 0.5) is 5.82 Å². The van der Waals surface area contributed by atoms with Crippen molar-refractivity contribution in [1.29, 1.82) is 5.26 Å². The SMILES string of the molecule is CC(C)[As]CCCn1c(Cc2cc3c(cc2C#N)CCO3)nc2c(N)nc(Cl)nc21. The number of benzene rings is 1. The van der Waals surface area contributed by atoms with E-state index in [4.69, 9.17) is 27.1 Å². The van der Waals surface area contributed by atoms with Gasteiger partial charge in [0.05, 0.1) is 0 Å². The molecule has 2 aromatic heterocycles. The van der Waals surface area contributed by atoms with Gasteiger partial charge in [0.2, 0.25) is 0 Å². The van der Waals surface area contributed by atoms with E-state index in [0.717, 1.165) is 46.8 Å². The molecule has 1 aromatic carbocycles. The summed E-state index contributed by atoms with van der Waals surface area (Å²) in [5.74, 6) is 1.94. The molecule has 0 fully saturated rings. The Kier molecular flexibility index (Phi) is 6.17. The maximum atomic E-state index is 9.67.